The number of nitrogens with one attached hydrogen (secondary N) is 1. The van der Waals surface area contributed by atoms with Crippen LogP contribution in [-0.2, 0) is 0 Å². The lowest BCUT2D eigenvalue weighted by Gasteiger charge is -2.21. The summed E-state index contributed by atoms with van der Waals surface area (Å²) < 4.78 is 17.8. The van der Waals surface area contributed by atoms with E-state index in [1.165, 1.54) is 23.8 Å². The number of hydrogen-bond acceptors (Lipinski definition) is 4. The van der Waals surface area contributed by atoms with Crippen LogP contribution in [-0.4, -0.2) is 46.5 Å². The third-order valence-corrected chi connectivity index (χ3v) is 6.25. The van der Waals surface area contributed by atoms with E-state index < -0.39 is 0 Å². The summed E-state index contributed by atoms with van der Waals surface area (Å²) in [6, 6.07) is 2.26. The fraction of sp³-hybridized carbons (Fsp3) is 0.389. The molecule has 0 aromatic carbocycles. The molecule has 25 heavy (non-hydrogen) atoms. The lowest BCUT2D eigenvalue weighted by molar-refractivity contribution is -0.495. The molecule has 7 heteroatoms. The van der Waals surface area contributed by atoms with Gasteiger partial charge in [0.05, 0.1) is 5.70 Å². The molecule has 3 aliphatic rings. The van der Waals surface area contributed by atoms with Crippen molar-refractivity contribution >= 4 is 39.2 Å². The quantitative estimate of drug-likeness (QED) is 0.841. The Bertz CT molecular complexity index is 939. The Morgan fingerprint density at radius 1 is 1.36 bits per heavy atom. The molecule has 0 spiro atoms. The number of nitrogens with zero attached hydrogens (tertiary/aromatic N) is 4. The van der Waals surface area contributed by atoms with Crippen LogP contribution < -0.4 is 5.32 Å². The number of aromatic nitrogens is 2. The highest BCUT2D eigenvalue weighted by molar-refractivity contribution is 7.18. The highest BCUT2D eigenvalue weighted by Crippen LogP contribution is 2.35. The van der Waals surface area contributed by atoms with Crippen molar-refractivity contribution in [1.29, 1.82) is 0 Å². The smallest absolute Gasteiger partial charge is 0.185 e. The van der Waals surface area contributed by atoms with Crippen molar-refractivity contribution in [3.63, 3.8) is 0 Å². The van der Waals surface area contributed by atoms with Crippen molar-refractivity contribution < 1.29 is 9.07 Å². The van der Waals surface area contributed by atoms with Crippen molar-refractivity contribution in [3.05, 3.63) is 35.1 Å². The van der Waals surface area contributed by atoms with Crippen LogP contribution in [0, 0.1) is 5.92 Å². The fourth-order valence-electron chi connectivity index (χ4n) is 3.76. The van der Waals surface area contributed by atoms with Crippen molar-refractivity contribution in [2.45, 2.75) is 18.8 Å². The zero-order valence-electron chi connectivity index (χ0n) is 13.9. The Morgan fingerprint density at radius 2 is 2.20 bits per heavy atom. The van der Waals surface area contributed by atoms with Gasteiger partial charge in [0.2, 0.25) is 0 Å². The first kappa shape index (κ1) is 15.2. The zero-order chi connectivity index (χ0) is 17.0. The largest absolute Gasteiger partial charge is 0.317 e. The van der Waals surface area contributed by atoms with Gasteiger partial charge in [-0.05, 0) is 49.1 Å². The summed E-state index contributed by atoms with van der Waals surface area (Å²) in [5.74, 6) is 0.248. The van der Waals surface area contributed by atoms with Gasteiger partial charge in [0, 0.05) is 22.5 Å². The monoisotopic (exact) mass is 356 g/mol. The van der Waals surface area contributed by atoms with Crippen LogP contribution in [0.2, 0.25) is 0 Å². The topological polar surface area (TPSA) is 45.2 Å². The van der Waals surface area contributed by atoms with Crippen molar-refractivity contribution in [1.82, 2.24) is 15.1 Å². The van der Waals surface area contributed by atoms with Crippen LogP contribution >= 0.6 is 11.3 Å². The van der Waals surface area contributed by atoms with Gasteiger partial charge >= 0.3 is 0 Å². The predicted molar refractivity (Wildman–Crippen MR) is 99.1 cm³/mol. The van der Waals surface area contributed by atoms with E-state index in [2.05, 4.69) is 16.5 Å². The molecule has 128 valence electrons. The molecule has 0 amide bonds. The van der Waals surface area contributed by atoms with Crippen LogP contribution in [0.3, 0.4) is 0 Å². The van der Waals surface area contributed by atoms with Gasteiger partial charge in [-0.1, -0.05) is 4.68 Å². The second-order valence-electron chi connectivity index (χ2n) is 6.82. The van der Waals surface area contributed by atoms with Gasteiger partial charge < -0.3 is 5.32 Å². The number of halogens is 1. The van der Waals surface area contributed by atoms with Crippen LogP contribution in [0.1, 0.15) is 23.6 Å². The molecule has 5 nitrogen and oxygen atoms in total. The molecule has 1 saturated heterocycles. The number of thiophene rings is 1. The summed E-state index contributed by atoms with van der Waals surface area (Å²) in [4.78, 5) is 2.45. The summed E-state index contributed by atoms with van der Waals surface area (Å²) in [5, 5.41) is 13.4. The molecular weight excluding hydrogens is 337 g/mol. The Labute approximate surface area is 148 Å². The van der Waals surface area contributed by atoms with Gasteiger partial charge in [-0.3, -0.25) is 0 Å². The Hall–Kier alpha value is -2.12. The highest BCUT2D eigenvalue weighted by Gasteiger charge is 2.32. The van der Waals surface area contributed by atoms with E-state index in [9.17, 15) is 4.39 Å². The number of piperidine rings is 1. The van der Waals surface area contributed by atoms with E-state index in [-0.39, 0.29) is 11.7 Å². The van der Waals surface area contributed by atoms with E-state index in [4.69, 9.17) is 5.10 Å². The number of hydrogen-bond donors (Lipinski definition) is 1. The fourth-order valence-corrected chi connectivity index (χ4v) is 4.93. The van der Waals surface area contributed by atoms with Gasteiger partial charge in [0.25, 0.3) is 0 Å². The molecule has 0 radical (unpaired) electrons. The average molecular weight is 356 g/mol. The second-order valence-corrected chi connectivity index (χ2v) is 7.89. The minimum atomic E-state index is -0.280. The SMILES string of the molecule is C[N+]1=CC2C=C(n3cc4cc(C5CCNCC5)sc4n3)C=C(F)C2=N1. The molecule has 2 aliphatic heterocycles. The second kappa shape index (κ2) is 5.71. The first-order valence-corrected chi connectivity index (χ1v) is 9.45. The molecule has 1 unspecified atom stereocenters. The molecular formula is C18H19FN5S+. The summed E-state index contributed by atoms with van der Waals surface area (Å²) in [7, 11) is 1.82. The van der Waals surface area contributed by atoms with Crippen LogP contribution in [0.15, 0.2) is 35.3 Å². The maximum Gasteiger partial charge on any atom is 0.185 e. The van der Waals surface area contributed by atoms with Crippen LogP contribution in [0.25, 0.3) is 15.9 Å². The summed E-state index contributed by atoms with van der Waals surface area (Å²) in [5.41, 5.74) is 1.24. The molecule has 1 atom stereocenters. The van der Waals surface area contributed by atoms with Crippen molar-refractivity contribution in [2.75, 3.05) is 20.1 Å². The van der Waals surface area contributed by atoms with Gasteiger partial charge in [-0.25, -0.2) is 9.07 Å². The summed E-state index contributed by atoms with van der Waals surface area (Å²) in [6.45, 7) is 2.18. The Kier molecular flexibility index (Phi) is 3.46. The van der Waals surface area contributed by atoms with E-state index in [1.54, 1.807) is 20.7 Å². The molecule has 1 N–H and O–H groups in total. The van der Waals surface area contributed by atoms with Gasteiger partial charge in [0.15, 0.2) is 24.8 Å². The van der Waals surface area contributed by atoms with E-state index >= 15 is 0 Å². The minimum absolute atomic E-state index is 0.113. The first-order valence-electron chi connectivity index (χ1n) is 8.63. The van der Waals surface area contributed by atoms with Gasteiger partial charge in [0.1, 0.15) is 10.7 Å². The normalized spacial score (nSPS) is 24.0. The third-order valence-electron chi connectivity index (χ3n) is 5.05. The number of rotatable bonds is 2. The third kappa shape index (κ3) is 2.58. The predicted octanol–water partition coefficient (Wildman–Crippen LogP) is 2.97. The molecule has 0 saturated carbocycles. The zero-order valence-corrected chi connectivity index (χ0v) is 14.8. The lowest BCUT2D eigenvalue weighted by Crippen LogP contribution is -2.26. The molecule has 1 fully saturated rings. The number of hydrazone groups is 1. The maximum absolute atomic E-state index is 14.3. The Morgan fingerprint density at radius 3 is 3.00 bits per heavy atom. The molecule has 0 bridgehead atoms. The van der Waals surface area contributed by atoms with Crippen LogP contribution in [0.5, 0.6) is 0 Å². The van der Waals surface area contributed by atoms with Gasteiger partial charge in [-0.2, -0.15) is 5.10 Å². The van der Waals surface area contributed by atoms with Crippen molar-refractivity contribution in [2.24, 2.45) is 11.0 Å². The maximum atomic E-state index is 14.3. The molecule has 5 rings (SSSR count). The summed E-state index contributed by atoms with van der Waals surface area (Å²) >= 11 is 1.77. The molecule has 2 aromatic rings. The number of fused-ring (bicyclic) bond motifs is 2. The van der Waals surface area contributed by atoms with E-state index in [1.807, 2.05) is 25.5 Å². The van der Waals surface area contributed by atoms with Crippen LogP contribution in [0.4, 0.5) is 4.39 Å². The van der Waals surface area contributed by atoms with Crippen molar-refractivity contribution in [3.8, 4) is 0 Å². The lowest BCUT2D eigenvalue weighted by atomic mass is 9.96. The molecule has 4 heterocycles. The number of allylic oxidation sites excluding steroid dienone is 4. The highest BCUT2D eigenvalue weighted by atomic mass is 32.1. The van der Waals surface area contributed by atoms with Gasteiger partial charge in [-0.15, -0.1) is 11.3 Å². The average Bonchev–Trinajstić information content (AvgIpc) is 3.27. The molecule has 1 aliphatic carbocycles. The van der Waals surface area contributed by atoms with E-state index in [0.29, 0.717) is 11.6 Å². The standard InChI is InChI=1S/C18H19FN5S/c1-23-9-12-6-14(8-15(19)17(12)21-23)24-10-13-7-16(25-18(13)22-24)11-2-4-20-5-3-11/h6-12,20H,2-5H2,1H3/q+1. The van der Waals surface area contributed by atoms with E-state index in [0.717, 1.165) is 29.0 Å². The summed E-state index contributed by atoms with van der Waals surface area (Å²) in [6.07, 6.45) is 9.82. The molecule has 2 aromatic heterocycles. The Balaban J connectivity index is 1.47. The first-order chi connectivity index (χ1) is 12.2. The minimum Gasteiger partial charge on any atom is -0.317 e.